The van der Waals surface area contributed by atoms with Crippen molar-refractivity contribution in [2.24, 2.45) is 5.73 Å². The Hall–Kier alpha value is -1.06. The summed E-state index contributed by atoms with van der Waals surface area (Å²) in [4.78, 5) is 0. The van der Waals surface area contributed by atoms with E-state index in [1.54, 1.807) is 0 Å². The van der Waals surface area contributed by atoms with Crippen LogP contribution in [0.2, 0.25) is 0 Å². The fourth-order valence-electron chi connectivity index (χ4n) is 1.85. The lowest BCUT2D eigenvalue weighted by Gasteiger charge is -2.22. The van der Waals surface area contributed by atoms with Crippen LogP contribution in [0.4, 0.5) is 0 Å². The van der Waals surface area contributed by atoms with Crippen molar-refractivity contribution in [2.75, 3.05) is 13.2 Å². The third-order valence-corrected chi connectivity index (χ3v) is 2.87. The summed E-state index contributed by atoms with van der Waals surface area (Å²) in [5, 5.41) is 0. The van der Waals surface area contributed by atoms with Crippen LogP contribution in [0.15, 0.2) is 24.3 Å². The largest absolute Gasteiger partial charge is 0.491 e. The van der Waals surface area contributed by atoms with E-state index in [0.717, 1.165) is 24.3 Å². The molecule has 0 amide bonds. The molecule has 1 atom stereocenters. The molecular formula is C13H19NO2. The van der Waals surface area contributed by atoms with Gasteiger partial charge in [-0.1, -0.05) is 12.1 Å². The van der Waals surface area contributed by atoms with Gasteiger partial charge in [0, 0.05) is 13.2 Å². The summed E-state index contributed by atoms with van der Waals surface area (Å²) in [7, 11) is 0. The molecular weight excluding hydrogens is 202 g/mol. The van der Waals surface area contributed by atoms with Crippen LogP contribution in [0.1, 0.15) is 24.8 Å². The Labute approximate surface area is 96.5 Å². The number of benzene rings is 1. The Kier molecular flexibility index (Phi) is 4.19. The van der Waals surface area contributed by atoms with E-state index in [9.17, 15) is 0 Å². The van der Waals surface area contributed by atoms with Gasteiger partial charge in [0.2, 0.25) is 0 Å². The molecule has 0 saturated carbocycles. The molecule has 1 heterocycles. The lowest BCUT2D eigenvalue weighted by molar-refractivity contribution is -0.0110. The average Bonchev–Trinajstić information content (AvgIpc) is 2.38. The van der Waals surface area contributed by atoms with Gasteiger partial charge in [-0.15, -0.1) is 0 Å². The van der Waals surface area contributed by atoms with E-state index in [-0.39, 0.29) is 6.10 Å². The van der Waals surface area contributed by atoms with Crippen LogP contribution in [0.25, 0.3) is 0 Å². The summed E-state index contributed by atoms with van der Waals surface area (Å²) in [6.07, 6.45) is 3.81. The molecule has 0 aliphatic carbocycles. The highest BCUT2D eigenvalue weighted by Crippen LogP contribution is 2.16. The Morgan fingerprint density at radius 3 is 2.69 bits per heavy atom. The molecule has 1 fully saturated rings. The summed E-state index contributed by atoms with van der Waals surface area (Å²) in [5.41, 5.74) is 6.66. The second-order valence-corrected chi connectivity index (χ2v) is 4.15. The van der Waals surface area contributed by atoms with E-state index in [2.05, 4.69) is 0 Å². The minimum Gasteiger partial charge on any atom is -0.491 e. The highest BCUT2D eigenvalue weighted by atomic mass is 16.5. The first kappa shape index (κ1) is 11.4. The summed E-state index contributed by atoms with van der Waals surface area (Å²) in [6.45, 7) is 2.11. The summed E-state index contributed by atoms with van der Waals surface area (Å²) in [5.74, 6) is 0.895. The maximum absolute atomic E-state index is 5.68. The van der Waals surface area contributed by atoms with E-state index in [4.69, 9.17) is 15.2 Å². The quantitative estimate of drug-likeness (QED) is 0.846. The van der Waals surface area contributed by atoms with Crippen molar-refractivity contribution >= 4 is 0 Å². The van der Waals surface area contributed by atoms with Gasteiger partial charge in [0.15, 0.2) is 0 Å². The van der Waals surface area contributed by atoms with Crippen LogP contribution in [0.5, 0.6) is 5.75 Å². The molecule has 1 aliphatic rings. The molecule has 88 valence electrons. The van der Waals surface area contributed by atoms with E-state index in [0.29, 0.717) is 13.2 Å². The number of hydrogen-bond donors (Lipinski definition) is 1. The summed E-state index contributed by atoms with van der Waals surface area (Å²) in [6, 6.07) is 7.92. The lowest BCUT2D eigenvalue weighted by atomic mass is 10.1. The highest BCUT2D eigenvalue weighted by molar-refractivity contribution is 5.27. The van der Waals surface area contributed by atoms with Gasteiger partial charge in [-0.05, 0) is 37.0 Å². The van der Waals surface area contributed by atoms with Crippen LogP contribution in [-0.2, 0) is 11.3 Å². The number of rotatable bonds is 4. The van der Waals surface area contributed by atoms with Gasteiger partial charge < -0.3 is 15.2 Å². The number of hydrogen-bond acceptors (Lipinski definition) is 3. The van der Waals surface area contributed by atoms with Crippen LogP contribution in [0.3, 0.4) is 0 Å². The molecule has 0 bridgehead atoms. The lowest BCUT2D eigenvalue weighted by Crippen LogP contribution is -2.25. The predicted octanol–water partition coefficient (Wildman–Crippen LogP) is 2.09. The van der Waals surface area contributed by atoms with E-state index < -0.39 is 0 Å². The molecule has 3 heteroatoms. The molecule has 1 unspecified atom stereocenters. The Morgan fingerprint density at radius 2 is 2.06 bits per heavy atom. The van der Waals surface area contributed by atoms with Gasteiger partial charge in [-0.3, -0.25) is 0 Å². The first-order valence-electron chi connectivity index (χ1n) is 5.92. The third-order valence-electron chi connectivity index (χ3n) is 2.87. The van der Waals surface area contributed by atoms with Crippen molar-refractivity contribution in [1.82, 2.24) is 0 Å². The molecule has 3 nitrogen and oxygen atoms in total. The minimum atomic E-state index is 0.267. The average molecular weight is 221 g/mol. The van der Waals surface area contributed by atoms with Crippen molar-refractivity contribution in [1.29, 1.82) is 0 Å². The van der Waals surface area contributed by atoms with E-state index in [1.165, 1.54) is 12.8 Å². The zero-order chi connectivity index (χ0) is 11.2. The predicted molar refractivity (Wildman–Crippen MR) is 63.4 cm³/mol. The van der Waals surface area contributed by atoms with E-state index >= 15 is 0 Å². The van der Waals surface area contributed by atoms with E-state index in [1.807, 2.05) is 24.3 Å². The molecule has 1 aromatic carbocycles. The molecule has 0 radical (unpaired) electrons. The normalized spacial score (nSPS) is 20.7. The smallest absolute Gasteiger partial charge is 0.119 e. The monoisotopic (exact) mass is 221 g/mol. The maximum Gasteiger partial charge on any atom is 0.119 e. The summed E-state index contributed by atoms with van der Waals surface area (Å²) < 4.78 is 11.3. The second kappa shape index (κ2) is 5.87. The van der Waals surface area contributed by atoms with Gasteiger partial charge in [-0.2, -0.15) is 0 Å². The molecule has 2 rings (SSSR count). The van der Waals surface area contributed by atoms with Crippen molar-refractivity contribution in [2.45, 2.75) is 31.9 Å². The Bertz CT molecular complexity index is 304. The van der Waals surface area contributed by atoms with Crippen LogP contribution in [0, 0.1) is 0 Å². The fraction of sp³-hybridized carbons (Fsp3) is 0.538. The van der Waals surface area contributed by atoms with Gasteiger partial charge in [-0.25, -0.2) is 0 Å². The molecule has 0 spiro atoms. The number of ether oxygens (including phenoxy) is 2. The Morgan fingerprint density at radius 1 is 1.25 bits per heavy atom. The zero-order valence-electron chi connectivity index (χ0n) is 9.52. The van der Waals surface area contributed by atoms with Crippen LogP contribution >= 0.6 is 0 Å². The first-order chi connectivity index (χ1) is 7.88. The number of nitrogens with two attached hydrogens (primary N) is 1. The first-order valence-corrected chi connectivity index (χ1v) is 5.92. The van der Waals surface area contributed by atoms with Gasteiger partial charge in [0.1, 0.15) is 12.4 Å². The van der Waals surface area contributed by atoms with Crippen molar-refractivity contribution in [3.63, 3.8) is 0 Å². The summed E-state index contributed by atoms with van der Waals surface area (Å²) >= 11 is 0. The van der Waals surface area contributed by atoms with Gasteiger partial charge >= 0.3 is 0 Å². The van der Waals surface area contributed by atoms with Crippen LogP contribution < -0.4 is 10.5 Å². The zero-order valence-corrected chi connectivity index (χ0v) is 9.52. The molecule has 1 aliphatic heterocycles. The van der Waals surface area contributed by atoms with Gasteiger partial charge in [0.25, 0.3) is 0 Å². The topological polar surface area (TPSA) is 44.5 Å². The Balaban J connectivity index is 1.79. The molecule has 0 aromatic heterocycles. The van der Waals surface area contributed by atoms with Crippen LogP contribution in [-0.4, -0.2) is 19.3 Å². The van der Waals surface area contributed by atoms with Crippen molar-refractivity contribution in [3.05, 3.63) is 29.8 Å². The van der Waals surface area contributed by atoms with Gasteiger partial charge in [0.05, 0.1) is 6.10 Å². The molecule has 2 N–H and O–H groups in total. The second-order valence-electron chi connectivity index (χ2n) is 4.15. The van der Waals surface area contributed by atoms with Crippen molar-refractivity contribution < 1.29 is 9.47 Å². The SMILES string of the molecule is NCc1ccc(OCC2CCCCO2)cc1. The standard InChI is InChI=1S/C13H19NO2/c14-9-11-4-6-12(7-5-11)16-10-13-3-1-2-8-15-13/h4-7,13H,1-3,8-10,14H2. The molecule has 16 heavy (non-hydrogen) atoms. The molecule has 1 saturated heterocycles. The fourth-order valence-corrected chi connectivity index (χ4v) is 1.85. The third kappa shape index (κ3) is 3.22. The maximum atomic E-state index is 5.68. The van der Waals surface area contributed by atoms with Crippen molar-refractivity contribution in [3.8, 4) is 5.75 Å². The minimum absolute atomic E-state index is 0.267. The molecule has 1 aromatic rings. The highest BCUT2D eigenvalue weighted by Gasteiger charge is 2.14.